The molecule has 18 heavy (non-hydrogen) atoms. The predicted octanol–water partition coefficient (Wildman–Crippen LogP) is 3.30. The standard InChI is InChI=1S/C12H11ClF3NO/c1-7-6-17(11(18)10(7)13)9-4-2-3-8(5-9)12(14,15)16/h2-5,7,10H,6H2,1H3. The van der Waals surface area contributed by atoms with E-state index in [1.54, 1.807) is 6.92 Å². The highest BCUT2D eigenvalue weighted by atomic mass is 35.5. The van der Waals surface area contributed by atoms with Gasteiger partial charge in [-0.15, -0.1) is 11.6 Å². The second-order valence-corrected chi connectivity index (χ2v) is 4.85. The van der Waals surface area contributed by atoms with Crippen molar-refractivity contribution in [3.63, 3.8) is 0 Å². The number of halogens is 4. The Morgan fingerprint density at radius 2 is 2.06 bits per heavy atom. The lowest BCUT2D eigenvalue weighted by Gasteiger charge is -2.17. The molecule has 1 heterocycles. The minimum atomic E-state index is -4.41. The molecule has 1 aliphatic rings. The van der Waals surface area contributed by atoms with Gasteiger partial charge in [-0.25, -0.2) is 0 Å². The average molecular weight is 278 g/mol. The third-order valence-electron chi connectivity index (χ3n) is 2.96. The minimum absolute atomic E-state index is 0.0753. The molecular weight excluding hydrogens is 267 g/mol. The largest absolute Gasteiger partial charge is 0.416 e. The van der Waals surface area contributed by atoms with Gasteiger partial charge in [-0.2, -0.15) is 13.2 Å². The number of alkyl halides is 4. The highest BCUT2D eigenvalue weighted by Crippen LogP contribution is 2.34. The van der Waals surface area contributed by atoms with E-state index in [1.165, 1.54) is 17.0 Å². The molecule has 1 aromatic rings. The summed E-state index contributed by atoms with van der Waals surface area (Å²) >= 11 is 5.87. The Morgan fingerprint density at radius 3 is 2.56 bits per heavy atom. The molecule has 1 aliphatic heterocycles. The van der Waals surface area contributed by atoms with Crippen LogP contribution in [0.1, 0.15) is 12.5 Å². The molecule has 2 nitrogen and oxygen atoms in total. The fourth-order valence-electron chi connectivity index (χ4n) is 1.95. The summed E-state index contributed by atoms with van der Waals surface area (Å²) in [5.41, 5.74) is -0.525. The summed E-state index contributed by atoms with van der Waals surface area (Å²) in [5, 5.41) is -0.667. The van der Waals surface area contributed by atoms with Gasteiger partial charge in [-0.1, -0.05) is 13.0 Å². The summed E-state index contributed by atoms with van der Waals surface area (Å²) in [5.74, 6) is -0.419. The van der Waals surface area contributed by atoms with Crippen LogP contribution in [0.3, 0.4) is 0 Å². The molecule has 0 N–H and O–H groups in total. The van der Waals surface area contributed by atoms with Gasteiger partial charge >= 0.3 is 6.18 Å². The van der Waals surface area contributed by atoms with Crippen molar-refractivity contribution in [2.75, 3.05) is 11.4 Å². The van der Waals surface area contributed by atoms with Crippen LogP contribution in [0.5, 0.6) is 0 Å². The van der Waals surface area contributed by atoms with Crippen LogP contribution in [0.15, 0.2) is 24.3 Å². The van der Waals surface area contributed by atoms with Crippen molar-refractivity contribution in [3.8, 4) is 0 Å². The number of rotatable bonds is 1. The van der Waals surface area contributed by atoms with Gasteiger partial charge in [-0.3, -0.25) is 4.79 Å². The predicted molar refractivity (Wildman–Crippen MR) is 62.6 cm³/mol. The van der Waals surface area contributed by atoms with E-state index in [0.717, 1.165) is 12.1 Å². The first-order chi connectivity index (χ1) is 8.30. The Bertz CT molecular complexity index is 475. The lowest BCUT2D eigenvalue weighted by molar-refractivity contribution is -0.137. The number of carbonyl (C=O) groups excluding carboxylic acids is 1. The third-order valence-corrected chi connectivity index (χ3v) is 3.57. The number of benzene rings is 1. The molecule has 0 aliphatic carbocycles. The summed E-state index contributed by atoms with van der Waals surface area (Å²) in [6.45, 7) is 2.14. The first-order valence-corrected chi connectivity index (χ1v) is 5.87. The first-order valence-electron chi connectivity index (χ1n) is 5.43. The number of anilines is 1. The van der Waals surface area contributed by atoms with Gasteiger partial charge in [-0.05, 0) is 24.1 Å². The average Bonchev–Trinajstić information content (AvgIpc) is 2.56. The number of carbonyl (C=O) groups is 1. The van der Waals surface area contributed by atoms with Crippen molar-refractivity contribution in [2.24, 2.45) is 5.92 Å². The SMILES string of the molecule is CC1CN(c2cccc(C(F)(F)F)c2)C(=O)C1Cl. The molecule has 0 aromatic heterocycles. The maximum Gasteiger partial charge on any atom is 0.416 e. The van der Waals surface area contributed by atoms with Crippen molar-refractivity contribution < 1.29 is 18.0 Å². The molecule has 1 amide bonds. The number of amides is 1. The Kier molecular flexibility index (Phi) is 3.27. The van der Waals surface area contributed by atoms with Crippen LogP contribution in [0, 0.1) is 5.92 Å². The summed E-state index contributed by atoms with van der Waals surface area (Å²) in [4.78, 5) is 13.1. The smallest absolute Gasteiger partial charge is 0.311 e. The van der Waals surface area contributed by atoms with E-state index >= 15 is 0 Å². The third kappa shape index (κ3) is 2.32. The van der Waals surface area contributed by atoms with Gasteiger partial charge in [0.1, 0.15) is 5.38 Å². The zero-order valence-electron chi connectivity index (χ0n) is 9.54. The number of hydrogen-bond donors (Lipinski definition) is 0. The van der Waals surface area contributed by atoms with Crippen LogP contribution >= 0.6 is 11.6 Å². The number of nitrogens with zero attached hydrogens (tertiary/aromatic N) is 1. The zero-order valence-corrected chi connectivity index (χ0v) is 10.3. The quantitative estimate of drug-likeness (QED) is 0.721. The zero-order chi connectivity index (χ0) is 13.5. The topological polar surface area (TPSA) is 20.3 Å². The van der Waals surface area contributed by atoms with E-state index in [-0.39, 0.29) is 17.5 Å². The second kappa shape index (κ2) is 4.46. The summed E-state index contributed by atoms with van der Waals surface area (Å²) < 4.78 is 37.7. The van der Waals surface area contributed by atoms with Crippen molar-refractivity contribution in [1.82, 2.24) is 0 Å². The molecule has 0 spiro atoms. The number of hydrogen-bond acceptors (Lipinski definition) is 1. The Balaban J connectivity index is 2.33. The van der Waals surface area contributed by atoms with E-state index in [4.69, 9.17) is 11.6 Å². The van der Waals surface area contributed by atoms with Crippen molar-refractivity contribution in [3.05, 3.63) is 29.8 Å². The maximum atomic E-state index is 12.6. The second-order valence-electron chi connectivity index (χ2n) is 4.38. The molecule has 2 atom stereocenters. The normalized spacial score (nSPS) is 24.7. The van der Waals surface area contributed by atoms with Gasteiger partial charge in [0.25, 0.3) is 0 Å². The fourth-order valence-corrected chi connectivity index (χ4v) is 2.14. The van der Waals surface area contributed by atoms with E-state index < -0.39 is 17.1 Å². The van der Waals surface area contributed by atoms with E-state index in [9.17, 15) is 18.0 Å². The van der Waals surface area contributed by atoms with Crippen molar-refractivity contribution in [1.29, 1.82) is 0 Å². The van der Waals surface area contributed by atoms with Crippen LogP contribution in [-0.4, -0.2) is 17.8 Å². The summed E-state index contributed by atoms with van der Waals surface area (Å²) in [6.07, 6.45) is -4.41. The van der Waals surface area contributed by atoms with Gasteiger partial charge in [0.15, 0.2) is 0 Å². The van der Waals surface area contributed by atoms with E-state index in [1.807, 2.05) is 0 Å². The van der Waals surface area contributed by atoms with Crippen LogP contribution in [0.25, 0.3) is 0 Å². The van der Waals surface area contributed by atoms with Crippen LogP contribution < -0.4 is 4.90 Å². The molecule has 0 saturated carbocycles. The lowest BCUT2D eigenvalue weighted by Crippen LogP contribution is -2.27. The molecule has 2 rings (SSSR count). The summed E-state index contributed by atoms with van der Waals surface area (Å²) in [6, 6.07) is 4.72. The lowest BCUT2D eigenvalue weighted by atomic mass is 10.1. The first kappa shape index (κ1) is 13.2. The highest BCUT2D eigenvalue weighted by molar-refractivity contribution is 6.34. The Labute approximate surface area is 107 Å². The summed E-state index contributed by atoms with van der Waals surface area (Å²) in [7, 11) is 0. The molecule has 0 radical (unpaired) electrons. The molecule has 98 valence electrons. The van der Waals surface area contributed by atoms with Gasteiger partial charge < -0.3 is 4.90 Å². The van der Waals surface area contributed by atoms with Crippen LogP contribution in [0.2, 0.25) is 0 Å². The van der Waals surface area contributed by atoms with E-state index in [2.05, 4.69) is 0 Å². The molecule has 1 saturated heterocycles. The molecule has 1 fully saturated rings. The van der Waals surface area contributed by atoms with Crippen molar-refractivity contribution in [2.45, 2.75) is 18.5 Å². The van der Waals surface area contributed by atoms with Crippen molar-refractivity contribution >= 4 is 23.2 Å². The van der Waals surface area contributed by atoms with Gasteiger partial charge in [0, 0.05) is 12.2 Å². The van der Waals surface area contributed by atoms with Crippen LogP contribution in [0.4, 0.5) is 18.9 Å². The van der Waals surface area contributed by atoms with Gasteiger partial charge in [0.2, 0.25) is 5.91 Å². The maximum absolute atomic E-state index is 12.6. The monoisotopic (exact) mass is 277 g/mol. The molecule has 6 heteroatoms. The van der Waals surface area contributed by atoms with Crippen LogP contribution in [-0.2, 0) is 11.0 Å². The highest BCUT2D eigenvalue weighted by Gasteiger charge is 2.38. The molecule has 1 aromatic carbocycles. The molecule has 2 unspecified atom stereocenters. The molecule has 0 bridgehead atoms. The fraction of sp³-hybridized carbons (Fsp3) is 0.417. The minimum Gasteiger partial charge on any atom is -0.311 e. The van der Waals surface area contributed by atoms with E-state index in [0.29, 0.717) is 6.54 Å². The Morgan fingerprint density at radius 1 is 1.39 bits per heavy atom. The Hall–Kier alpha value is -1.23. The van der Waals surface area contributed by atoms with Gasteiger partial charge in [0.05, 0.1) is 5.56 Å². The molecular formula is C12H11ClF3NO.